The van der Waals surface area contributed by atoms with E-state index in [1.807, 2.05) is 12.1 Å². The molecule has 2 aromatic carbocycles. The summed E-state index contributed by atoms with van der Waals surface area (Å²) in [5, 5.41) is 6.09. The lowest BCUT2D eigenvalue weighted by Gasteiger charge is -2.56. The lowest BCUT2D eigenvalue weighted by Crippen LogP contribution is -2.60. The lowest BCUT2D eigenvalue weighted by molar-refractivity contribution is -0.124. The highest BCUT2D eigenvalue weighted by molar-refractivity contribution is 8.00. The Morgan fingerprint density at radius 1 is 1.03 bits per heavy atom. The molecule has 0 aromatic heterocycles. The Bertz CT molecular complexity index is 1020. The smallest absolute Gasteiger partial charge is 0.256 e. The van der Waals surface area contributed by atoms with Crippen molar-refractivity contribution in [1.29, 1.82) is 0 Å². The van der Waals surface area contributed by atoms with Gasteiger partial charge in [-0.2, -0.15) is 0 Å². The second kappa shape index (κ2) is 8.71. The van der Waals surface area contributed by atoms with Crippen LogP contribution in [-0.2, 0) is 4.79 Å². The van der Waals surface area contributed by atoms with Crippen molar-refractivity contribution in [2.45, 2.75) is 49.0 Å². The van der Waals surface area contributed by atoms with Crippen molar-refractivity contribution in [1.82, 2.24) is 5.32 Å². The molecule has 0 heterocycles. The maximum Gasteiger partial charge on any atom is 0.256 e. The zero-order chi connectivity index (χ0) is 22.3. The van der Waals surface area contributed by atoms with Crippen molar-refractivity contribution < 1.29 is 14.0 Å². The fourth-order valence-corrected chi connectivity index (χ4v) is 7.32. The van der Waals surface area contributed by atoms with Gasteiger partial charge in [-0.05, 0) is 86.6 Å². The summed E-state index contributed by atoms with van der Waals surface area (Å²) in [6.45, 7) is 0. The first-order valence-corrected chi connectivity index (χ1v) is 12.5. The maximum atomic E-state index is 13.4. The Balaban J connectivity index is 1.22. The number of carbonyl (C=O) groups excluding carboxylic acids is 2. The van der Waals surface area contributed by atoms with Crippen LogP contribution in [0, 0.1) is 23.6 Å². The van der Waals surface area contributed by atoms with E-state index in [-0.39, 0.29) is 28.1 Å². The summed E-state index contributed by atoms with van der Waals surface area (Å²) in [5.74, 6) is 1.78. The number of anilines is 1. The van der Waals surface area contributed by atoms with E-state index in [0.29, 0.717) is 11.3 Å². The maximum absolute atomic E-state index is 13.4. The number of amides is 2. The molecule has 0 aliphatic heterocycles. The van der Waals surface area contributed by atoms with Gasteiger partial charge in [0.15, 0.2) is 0 Å². The predicted molar refractivity (Wildman–Crippen MR) is 126 cm³/mol. The Morgan fingerprint density at radius 3 is 2.34 bits per heavy atom. The molecule has 0 spiro atoms. The van der Waals surface area contributed by atoms with Crippen LogP contribution in [0.4, 0.5) is 10.1 Å². The van der Waals surface area contributed by atoms with Crippen LogP contribution in [0.15, 0.2) is 47.4 Å². The molecule has 0 radical (unpaired) electrons. The third-order valence-corrected chi connectivity index (χ3v) is 8.47. The minimum Gasteiger partial charge on any atom is -0.350 e. The first-order valence-electron chi connectivity index (χ1n) is 11.2. The largest absolute Gasteiger partial charge is 0.350 e. The minimum atomic E-state index is -0.536. The second-order valence-electron chi connectivity index (χ2n) is 9.61. The van der Waals surface area contributed by atoms with E-state index in [1.54, 1.807) is 12.1 Å². The first-order chi connectivity index (χ1) is 15.4. The molecule has 2 N–H and O–H groups in total. The van der Waals surface area contributed by atoms with Crippen LogP contribution in [-0.4, -0.2) is 23.1 Å². The quantitative estimate of drug-likeness (QED) is 0.514. The molecule has 4 aliphatic rings. The van der Waals surface area contributed by atoms with Gasteiger partial charge in [0.1, 0.15) is 5.82 Å². The average molecular weight is 473 g/mol. The van der Waals surface area contributed by atoms with E-state index in [4.69, 9.17) is 11.6 Å². The molecule has 4 nitrogen and oxygen atoms in total. The van der Waals surface area contributed by atoms with Gasteiger partial charge in [-0.3, -0.25) is 9.59 Å². The van der Waals surface area contributed by atoms with Crippen molar-refractivity contribution in [3.8, 4) is 0 Å². The molecule has 2 amide bonds. The number of benzene rings is 2. The summed E-state index contributed by atoms with van der Waals surface area (Å²) < 4.78 is 13.4. The van der Waals surface area contributed by atoms with Gasteiger partial charge in [0, 0.05) is 16.1 Å². The lowest BCUT2D eigenvalue weighted by atomic mass is 9.53. The normalized spacial score (nSPS) is 27.9. The molecular formula is C25H26ClFN2O2S. The molecule has 0 saturated heterocycles. The Hall–Kier alpha value is -2.05. The van der Waals surface area contributed by atoms with E-state index < -0.39 is 5.82 Å². The molecule has 32 heavy (non-hydrogen) atoms. The Morgan fingerprint density at radius 2 is 1.69 bits per heavy atom. The highest BCUT2D eigenvalue weighted by atomic mass is 35.5. The first kappa shape index (κ1) is 21.8. The second-order valence-corrected chi connectivity index (χ2v) is 11.0. The summed E-state index contributed by atoms with van der Waals surface area (Å²) in [5.41, 5.74) is 0.881. The van der Waals surface area contributed by atoms with Gasteiger partial charge in [-0.15, -0.1) is 11.8 Å². The molecule has 4 fully saturated rings. The van der Waals surface area contributed by atoms with Gasteiger partial charge < -0.3 is 10.6 Å². The number of hydrogen-bond acceptors (Lipinski definition) is 3. The van der Waals surface area contributed by atoms with Gasteiger partial charge in [-0.1, -0.05) is 23.7 Å². The Kier molecular flexibility index (Phi) is 5.93. The van der Waals surface area contributed by atoms with Crippen LogP contribution in [0.5, 0.6) is 0 Å². The zero-order valence-corrected chi connectivity index (χ0v) is 19.3. The number of thioether (sulfide) groups is 1. The highest BCUT2D eigenvalue weighted by Crippen LogP contribution is 2.55. The third kappa shape index (κ3) is 4.53. The fourth-order valence-electron chi connectivity index (χ4n) is 6.29. The molecule has 4 saturated carbocycles. The molecule has 0 unspecified atom stereocenters. The topological polar surface area (TPSA) is 58.2 Å². The number of hydrogen-bond donors (Lipinski definition) is 2. The predicted octanol–water partition coefficient (Wildman–Crippen LogP) is 5.91. The Labute approximate surface area is 196 Å². The van der Waals surface area contributed by atoms with Crippen LogP contribution in [0.2, 0.25) is 5.02 Å². The van der Waals surface area contributed by atoms with Crippen molar-refractivity contribution >= 4 is 40.9 Å². The average Bonchev–Trinajstić information content (AvgIpc) is 2.74. The number of carbonyl (C=O) groups is 2. The SMILES string of the molecule is O=C(CSc1ccccc1C(=O)Nc1ccc(F)c(Cl)c1)NC12CC3CC(CC(C3)C1)C2. The number of halogens is 2. The number of nitrogens with one attached hydrogen (secondary N) is 2. The van der Waals surface area contributed by atoms with Gasteiger partial charge >= 0.3 is 0 Å². The van der Waals surface area contributed by atoms with Gasteiger partial charge in [0.2, 0.25) is 5.91 Å². The molecule has 0 atom stereocenters. The van der Waals surface area contributed by atoms with Gasteiger partial charge in [0.05, 0.1) is 16.3 Å². The molecular weight excluding hydrogens is 447 g/mol. The van der Waals surface area contributed by atoms with E-state index in [0.717, 1.165) is 41.9 Å². The summed E-state index contributed by atoms with van der Waals surface area (Å²) >= 11 is 7.18. The molecule has 7 heteroatoms. The zero-order valence-electron chi connectivity index (χ0n) is 17.7. The third-order valence-electron chi connectivity index (χ3n) is 7.11. The van der Waals surface area contributed by atoms with Crippen LogP contribution in [0.25, 0.3) is 0 Å². The van der Waals surface area contributed by atoms with E-state index in [9.17, 15) is 14.0 Å². The van der Waals surface area contributed by atoms with E-state index >= 15 is 0 Å². The van der Waals surface area contributed by atoms with Crippen molar-refractivity contribution in [2.75, 3.05) is 11.1 Å². The van der Waals surface area contributed by atoms with Gasteiger partial charge in [-0.25, -0.2) is 4.39 Å². The summed E-state index contributed by atoms with van der Waals surface area (Å²) in [4.78, 5) is 26.4. The fraction of sp³-hybridized carbons (Fsp3) is 0.440. The van der Waals surface area contributed by atoms with Crippen molar-refractivity contribution in [3.05, 3.63) is 58.9 Å². The van der Waals surface area contributed by atoms with E-state index in [2.05, 4.69) is 10.6 Å². The van der Waals surface area contributed by atoms with Crippen LogP contribution in [0.1, 0.15) is 48.9 Å². The van der Waals surface area contributed by atoms with Crippen LogP contribution >= 0.6 is 23.4 Å². The monoisotopic (exact) mass is 472 g/mol. The van der Waals surface area contributed by atoms with E-state index in [1.165, 1.54) is 49.2 Å². The van der Waals surface area contributed by atoms with Crippen molar-refractivity contribution in [2.24, 2.45) is 17.8 Å². The standard InChI is InChI=1S/C25H26ClFN2O2S/c26-20-10-18(5-6-21(20)27)28-24(31)19-3-1-2-4-22(19)32-14-23(30)29-25-11-15-7-16(12-25)9-17(8-15)13-25/h1-6,10,15-17H,7-9,11-14H2,(H,28,31)(H,29,30). The molecule has 4 bridgehead atoms. The number of rotatable bonds is 6. The van der Waals surface area contributed by atoms with Crippen LogP contribution in [0.3, 0.4) is 0 Å². The molecule has 6 rings (SSSR count). The molecule has 4 aliphatic carbocycles. The van der Waals surface area contributed by atoms with Crippen LogP contribution < -0.4 is 10.6 Å². The van der Waals surface area contributed by atoms with Crippen molar-refractivity contribution in [3.63, 3.8) is 0 Å². The summed E-state index contributed by atoms with van der Waals surface area (Å²) in [7, 11) is 0. The summed E-state index contributed by atoms with van der Waals surface area (Å²) in [6.07, 6.45) is 7.38. The van der Waals surface area contributed by atoms with Gasteiger partial charge in [0.25, 0.3) is 5.91 Å². The summed E-state index contributed by atoms with van der Waals surface area (Å²) in [6, 6.07) is 11.3. The molecule has 2 aromatic rings. The molecule has 168 valence electrons. The minimum absolute atomic E-state index is 0.00879. The highest BCUT2D eigenvalue weighted by Gasteiger charge is 2.51.